The molecule has 5 N–H and O–H groups in total. The van der Waals surface area contributed by atoms with Gasteiger partial charge in [-0.3, -0.25) is 28.9 Å². The number of carbonyl (C=O) groups is 5. The van der Waals surface area contributed by atoms with E-state index < -0.39 is 162 Å². The number of aromatic nitrogens is 2. The molecule has 5 aliphatic rings. The minimum absolute atomic E-state index is 0.0268. The second-order valence-corrected chi connectivity index (χ2v) is 26.6. The van der Waals surface area contributed by atoms with Gasteiger partial charge in [-0.15, -0.1) is 0 Å². The van der Waals surface area contributed by atoms with E-state index >= 15 is 9.59 Å². The molecular weight excluding hydrogens is 1150 g/mol. The molecule has 88 heavy (non-hydrogen) atoms. The zero-order valence-corrected chi connectivity index (χ0v) is 54.9. The number of amides is 2. The predicted octanol–water partition coefficient (Wildman–Crippen LogP) is 4.83. The van der Waals surface area contributed by atoms with Gasteiger partial charge in [-0.25, -0.2) is 9.78 Å². The zero-order chi connectivity index (χ0) is 65.3. The molecule has 2 unspecified atom stereocenters. The lowest BCUT2D eigenvalue weighted by molar-refractivity contribution is -0.305. The number of methoxy groups -OCH3 is 2. The lowest BCUT2D eigenvalue weighted by Gasteiger charge is -2.45. The average molecular weight is 1250 g/mol. The second kappa shape index (κ2) is 31.5. The van der Waals surface area contributed by atoms with Gasteiger partial charge in [0.05, 0.1) is 66.4 Å². The predicted molar refractivity (Wildman–Crippen MR) is 318 cm³/mol. The maximum absolute atomic E-state index is 16.1. The summed E-state index contributed by atoms with van der Waals surface area (Å²) in [7, 11) is 4.25. The summed E-state index contributed by atoms with van der Waals surface area (Å²) in [6.45, 7) is 26.7. The molecule has 26 heteroatoms. The Bertz CT molecular complexity index is 2550. The van der Waals surface area contributed by atoms with Gasteiger partial charge in [0.15, 0.2) is 30.3 Å². The van der Waals surface area contributed by atoms with Gasteiger partial charge in [0, 0.05) is 82.6 Å². The van der Waals surface area contributed by atoms with E-state index in [-0.39, 0.29) is 61.9 Å². The Hall–Kier alpha value is -4.74. The monoisotopic (exact) mass is 1250 g/mol. The fourth-order valence-electron chi connectivity index (χ4n) is 12.9. The van der Waals surface area contributed by atoms with Crippen LogP contribution in [0.5, 0.6) is 0 Å². The smallest absolute Gasteiger partial charge is 0.408 e. The number of hydrogen-bond donors (Lipinski definition) is 5. The molecule has 26 nitrogen and oxygen atoms in total. The fraction of sp³-hybridized carbons (Fsp3) is 0.839. The van der Waals surface area contributed by atoms with Crippen LogP contribution < -0.4 is 16.2 Å². The van der Waals surface area contributed by atoms with Crippen LogP contribution in [0.4, 0.5) is 4.79 Å². The first-order valence-electron chi connectivity index (χ1n) is 31.3. The van der Waals surface area contributed by atoms with Gasteiger partial charge in [0.1, 0.15) is 49.4 Å². The van der Waals surface area contributed by atoms with Crippen LogP contribution >= 0.6 is 0 Å². The van der Waals surface area contributed by atoms with Crippen molar-refractivity contribution in [2.45, 2.75) is 252 Å². The van der Waals surface area contributed by atoms with E-state index in [2.05, 4.69) is 37.6 Å². The number of rotatable bonds is 20. The minimum Gasteiger partial charge on any atom is -0.461 e. The van der Waals surface area contributed by atoms with Crippen molar-refractivity contribution in [3.63, 3.8) is 0 Å². The van der Waals surface area contributed by atoms with E-state index in [4.69, 9.17) is 56.9 Å². The van der Waals surface area contributed by atoms with Crippen LogP contribution in [0.3, 0.4) is 0 Å². The Morgan fingerprint density at radius 3 is 2.16 bits per heavy atom. The number of cyclic esters (lactones) is 1. The van der Waals surface area contributed by atoms with Gasteiger partial charge in [0.25, 0.3) is 11.5 Å². The molecule has 4 aliphatic heterocycles. The highest BCUT2D eigenvalue weighted by Gasteiger charge is 2.53. The number of ether oxygens (including phenoxy) is 11. The minimum atomic E-state index is -2.10. The van der Waals surface area contributed by atoms with Crippen molar-refractivity contribution in [2.24, 2.45) is 46.6 Å². The SMILES string of the molecule is CON=C1C[C@@H](C)O[C@@H](O[C@@H]2[C@@H](C)[C@H](O[C@H]3CC(C)N(C4CC4)C[C@H](C)O3)[C@@H](C)C(=O)O[C@H](C(C)CO[C@@H]3O[C@H](C)[C@@H](O)[C@@H](OC)[C@H]3OC)[C@H](C)[C@@H](OC(=O)CC(C)C)[C@@H](C)C(=O)[C@@](C)(OC(=O)NC(C)(C)CNC(=O)c3c[nH]c(=O)cn3)C[C@@H]2C)[C@@H]1O. The Balaban J connectivity index is 1.49. The van der Waals surface area contributed by atoms with E-state index in [0.29, 0.717) is 19.0 Å². The first-order valence-corrected chi connectivity index (χ1v) is 31.3. The van der Waals surface area contributed by atoms with Crippen LogP contribution in [-0.4, -0.2) is 211 Å². The van der Waals surface area contributed by atoms with E-state index in [1.807, 2.05) is 27.7 Å². The Morgan fingerprint density at radius 1 is 0.864 bits per heavy atom. The van der Waals surface area contributed by atoms with Crippen LogP contribution in [-0.2, 0) is 71.3 Å². The number of hydrogen-bond acceptors (Lipinski definition) is 23. The summed E-state index contributed by atoms with van der Waals surface area (Å²) in [6.07, 6.45) is -10.2. The Labute approximate surface area is 518 Å². The van der Waals surface area contributed by atoms with Crippen molar-refractivity contribution < 1.29 is 91.1 Å². The molecule has 2 amide bonds. The van der Waals surface area contributed by atoms with Crippen LogP contribution in [0.2, 0.25) is 0 Å². The lowest BCUT2D eigenvalue weighted by atomic mass is 9.74. The number of esters is 2. The summed E-state index contributed by atoms with van der Waals surface area (Å²) >= 11 is 0. The second-order valence-electron chi connectivity index (χ2n) is 26.6. The highest BCUT2D eigenvalue weighted by Crippen LogP contribution is 2.41. The van der Waals surface area contributed by atoms with Gasteiger partial charge >= 0.3 is 18.0 Å². The van der Waals surface area contributed by atoms with E-state index in [1.165, 1.54) is 28.3 Å². The van der Waals surface area contributed by atoms with Crippen molar-refractivity contribution in [2.75, 3.05) is 41.0 Å². The summed E-state index contributed by atoms with van der Waals surface area (Å²) in [6, 6.07) is 0.442. The number of aromatic amines is 1. The molecule has 5 heterocycles. The molecule has 6 rings (SSSR count). The molecule has 1 aromatic rings. The number of alkyl carbamates (subject to hydrolysis) is 1. The molecule has 0 radical (unpaired) electrons. The topological polar surface area (TPSA) is 322 Å². The van der Waals surface area contributed by atoms with E-state index in [1.54, 1.807) is 62.3 Å². The average Bonchev–Trinajstić information content (AvgIpc) is 3.63. The summed E-state index contributed by atoms with van der Waals surface area (Å²) in [4.78, 5) is 99.2. The summed E-state index contributed by atoms with van der Waals surface area (Å²) in [5, 5.41) is 32.5. The van der Waals surface area contributed by atoms with Crippen LogP contribution in [0.1, 0.15) is 153 Å². The summed E-state index contributed by atoms with van der Waals surface area (Å²) in [5.41, 5.74) is -3.67. The highest BCUT2D eigenvalue weighted by atomic mass is 16.7. The van der Waals surface area contributed by atoms with Crippen LogP contribution in [0, 0.1) is 41.4 Å². The van der Waals surface area contributed by atoms with Gasteiger partial charge < -0.3 is 82.8 Å². The molecule has 0 aromatic carbocycles. The molecule has 1 aliphatic carbocycles. The highest BCUT2D eigenvalue weighted by molar-refractivity contribution is 5.93. The fourth-order valence-corrected chi connectivity index (χ4v) is 12.9. The van der Waals surface area contributed by atoms with Crippen molar-refractivity contribution in [3.05, 3.63) is 28.4 Å². The molecule has 500 valence electrons. The van der Waals surface area contributed by atoms with Gasteiger partial charge in [0.2, 0.25) is 0 Å². The summed E-state index contributed by atoms with van der Waals surface area (Å²) in [5.74, 6) is -8.66. The quantitative estimate of drug-likeness (QED) is 0.0663. The first-order chi connectivity index (χ1) is 41.3. The Morgan fingerprint density at radius 2 is 1.55 bits per heavy atom. The van der Waals surface area contributed by atoms with Gasteiger partial charge in [-0.1, -0.05) is 53.6 Å². The Kier molecular flexibility index (Phi) is 25.9. The number of oxime groups is 1. The molecule has 0 spiro atoms. The van der Waals surface area contributed by atoms with E-state index in [9.17, 15) is 29.4 Å². The number of H-pyrrole nitrogens is 1. The molecular formula is C62H102N6O20. The molecule has 0 bridgehead atoms. The number of nitrogens with one attached hydrogen (secondary N) is 3. The standard InChI is InChI=1S/C62H102N6O20/c1-30(2)21-45(70)84-51-37(9)50(32(4)28-80-59-54(78-17)53(77-16)47(71)40(12)83-59)86-57(75)39(11)52(85-46-22-33(5)68(41-19-20-41)27-35(7)81-46)36(8)49(87-58-48(72)42(67-79-18)23-34(6)82-58)31(3)24-62(15,55(73)38(51)10)88-60(76)66-61(13,14)29-65-56(74)43-25-64-44(69)26-63-43/h25-26,30-41,46-54,58-59,71-72H,19-24,27-29H2,1-18H3,(H,64,69)(H,65,74)(H,66,76)/t31-,32?,33?,34+,35-,36+,37-,38+,39+,40+,46-,47+,48+,49-,50+,51+,52-,53+,54+,58-,59+,62-/m0/s1. The largest absolute Gasteiger partial charge is 0.461 e. The third-order valence-corrected chi connectivity index (χ3v) is 17.7. The molecule has 5 fully saturated rings. The molecule has 1 saturated carbocycles. The van der Waals surface area contributed by atoms with Crippen molar-refractivity contribution in [1.82, 2.24) is 25.5 Å². The number of aliphatic hydroxyl groups is 2. The lowest BCUT2D eigenvalue weighted by Crippen LogP contribution is -2.59. The summed E-state index contributed by atoms with van der Waals surface area (Å²) < 4.78 is 70.9. The molecule has 22 atom stereocenters. The number of carbonyl (C=O) groups excluding carboxylic acids is 5. The van der Waals surface area contributed by atoms with Crippen molar-refractivity contribution in [3.8, 4) is 0 Å². The maximum atomic E-state index is 16.1. The maximum Gasteiger partial charge on any atom is 0.408 e. The molecule has 1 aromatic heterocycles. The van der Waals surface area contributed by atoms with Gasteiger partial charge in [-0.2, -0.15) is 0 Å². The number of aliphatic hydroxyl groups excluding tert-OH is 2. The first kappa shape index (κ1) is 72.3. The van der Waals surface area contributed by atoms with Crippen molar-refractivity contribution >= 4 is 35.4 Å². The molecule has 4 saturated heterocycles. The third kappa shape index (κ3) is 18.7. The van der Waals surface area contributed by atoms with Crippen molar-refractivity contribution in [1.29, 1.82) is 0 Å². The third-order valence-electron chi connectivity index (χ3n) is 17.7. The number of ketones is 1. The van der Waals surface area contributed by atoms with E-state index in [0.717, 1.165) is 25.2 Å². The van der Waals surface area contributed by atoms with Crippen LogP contribution in [0.15, 0.2) is 22.3 Å². The number of nitrogens with zero attached hydrogens (tertiary/aromatic N) is 3. The number of Topliss-reactive ketones (excluding diaryl/α,β-unsaturated/α-hetero) is 1. The normalized spacial score (nSPS) is 37.6. The van der Waals surface area contributed by atoms with Crippen LogP contribution in [0.25, 0.3) is 0 Å². The van der Waals surface area contributed by atoms with Gasteiger partial charge in [-0.05, 0) is 86.5 Å². The zero-order valence-electron chi connectivity index (χ0n) is 54.9.